The maximum absolute atomic E-state index is 14.3. The second kappa shape index (κ2) is 6.10. The third-order valence-electron chi connectivity index (χ3n) is 3.71. The number of hydrogen-bond donors (Lipinski definition) is 1. The van der Waals surface area contributed by atoms with Crippen molar-refractivity contribution in [3.8, 4) is 5.75 Å². The van der Waals surface area contributed by atoms with E-state index in [9.17, 15) is 12.8 Å². The number of methoxy groups -OCH3 is 1. The molecular formula is C14H20FNO3S. The lowest BCUT2D eigenvalue weighted by atomic mass is 9.90. The first-order chi connectivity index (χ1) is 9.43. The van der Waals surface area contributed by atoms with Crippen molar-refractivity contribution in [3.05, 3.63) is 23.5 Å². The molecule has 1 fully saturated rings. The first kappa shape index (κ1) is 15.3. The van der Waals surface area contributed by atoms with E-state index in [1.807, 2.05) is 0 Å². The number of benzene rings is 1. The van der Waals surface area contributed by atoms with Gasteiger partial charge in [-0.05, 0) is 49.9 Å². The molecule has 1 saturated heterocycles. The van der Waals surface area contributed by atoms with Gasteiger partial charge in [-0.3, -0.25) is 0 Å². The summed E-state index contributed by atoms with van der Waals surface area (Å²) in [6, 6.07) is 3.00. The number of nitrogens with one attached hydrogen (secondary N) is 1. The summed E-state index contributed by atoms with van der Waals surface area (Å²) in [5.41, 5.74) is 0.740. The smallest absolute Gasteiger partial charge is 0.183 e. The monoisotopic (exact) mass is 301 g/mol. The number of rotatable bonds is 4. The molecule has 0 atom stereocenters. The fourth-order valence-corrected chi connectivity index (χ4v) is 3.38. The minimum absolute atomic E-state index is 0.0615. The highest BCUT2D eigenvalue weighted by molar-refractivity contribution is 7.90. The van der Waals surface area contributed by atoms with Gasteiger partial charge in [-0.25, -0.2) is 12.8 Å². The highest BCUT2D eigenvalue weighted by Gasteiger charge is 2.22. The summed E-state index contributed by atoms with van der Waals surface area (Å²) in [5, 5.41) is 3.28. The SMILES string of the molecule is COc1c(CC2CCNCC2)ccc(S(C)(=O)=O)c1F. The third kappa shape index (κ3) is 3.30. The minimum atomic E-state index is -3.58. The van der Waals surface area contributed by atoms with Crippen LogP contribution in [0.5, 0.6) is 5.75 Å². The van der Waals surface area contributed by atoms with Gasteiger partial charge >= 0.3 is 0 Å². The van der Waals surface area contributed by atoms with E-state index in [-0.39, 0.29) is 10.6 Å². The Hall–Kier alpha value is -1.14. The fourth-order valence-electron chi connectivity index (χ4n) is 2.64. The maximum atomic E-state index is 14.3. The van der Waals surface area contributed by atoms with Crippen LogP contribution in [-0.4, -0.2) is 34.9 Å². The highest BCUT2D eigenvalue weighted by atomic mass is 32.2. The molecule has 1 aromatic rings. The summed E-state index contributed by atoms with van der Waals surface area (Å²) < 4.78 is 42.4. The van der Waals surface area contributed by atoms with E-state index in [0.717, 1.165) is 37.8 Å². The minimum Gasteiger partial charge on any atom is -0.493 e. The Labute approximate surface area is 119 Å². The Morgan fingerprint density at radius 3 is 2.55 bits per heavy atom. The molecule has 112 valence electrons. The van der Waals surface area contributed by atoms with Gasteiger partial charge in [0.05, 0.1) is 7.11 Å². The van der Waals surface area contributed by atoms with Crippen LogP contribution in [0.4, 0.5) is 4.39 Å². The van der Waals surface area contributed by atoms with Gasteiger partial charge in [0.1, 0.15) is 4.90 Å². The van der Waals surface area contributed by atoms with Gasteiger partial charge in [0.15, 0.2) is 21.4 Å². The Morgan fingerprint density at radius 2 is 2.00 bits per heavy atom. The van der Waals surface area contributed by atoms with Crippen LogP contribution in [0.2, 0.25) is 0 Å². The molecule has 0 aromatic heterocycles. The van der Waals surface area contributed by atoms with Crippen LogP contribution in [0.3, 0.4) is 0 Å². The molecule has 20 heavy (non-hydrogen) atoms. The predicted molar refractivity (Wildman–Crippen MR) is 75.4 cm³/mol. The zero-order valence-electron chi connectivity index (χ0n) is 11.8. The van der Waals surface area contributed by atoms with Crippen LogP contribution in [0.1, 0.15) is 18.4 Å². The topological polar surface area (TPSA) is 55.4 Å². The zero-order chi connectivity index (χ0) is 14.8. The van der Waals surface area contributed by atoms with E-state index >= 15 is 0 Å². The molecule has 1 N–H and O–H groups in total. The zero-order valence-corrected chi connectivity index (χ0v) is 12.6. The lowest BCUT2D eigenvalue weighted by molar-refractivity contribution is 0.349. The van der Waals surface area contributed by atoms with E-state index in [1.165, 1.54) is 13.2 Å². The van der Waals surface area contributed by atoms with Crippen LogP contribution < -0.4 is 10.1 Å². The quantitative estimate of drug-likeness (QED) is 0.921. The molecule has 1 heterocycles. The average molecular weight is 301 g/mol. The normalized spacial score (nSPS) is 17.1. The molecule has 1 aliphatic rings. The second-order valence-electron chi connectivity index (χ2n) is 5.24. The van der Waals surface area contributed by atoms with Crippen molar-refractivity contribution < 1.29 is 17.5 Å². The van der Waals surface area contributed by atoms with Gasteiger partial charge in [0, 0.05) is 6.26 Å². The average Bonchev–Trinajstić information content (AvgIpc) is 2.39. The molecule has 6 heteroatoms. The Bertz CT molecular complexity index is 580. The molecule has 0 spiro atoms. The molecular weight excluding hydrogens is 281 g/mol. The summed E-state index contributed by atoms with van der Waals surface area (Å²) in [6.45, 7) is 1.94. The van der Waals surface area contributed by atoms with Gasteiger partial charge in [0.2, 0.25) is 0 Å². The largest absolute Gasteiger partial charge is 0.493 e. The van der Waals surface area contributed by atoms with Crippen LogP contribution in [0.25, 0.3) is 0 Å². The molecule has 2 rings (SSSR count). The number of piperidine rings is 1. The van der Waals surface area contributed by atoms with Gasteiger partial charge in [0.25, 0.3) is 0 Å². The molecule has 0 saturated carbocycles. The van der Waals surface area contributed by atoms with Crippen molar-refractivity contribution in [2.45, 2.75) is 24.2 Å². The molecule has 0 unspecified atom stereocenters. The molecule has 1 aromatic carbocycles. The highest BCUT2D eigenvalue weighted by Crippen LogP contribution is 2.31. The van der Waals surface area contributed by atoms with Crippen molar-refractivity contribution in [3.63, 3.8) is 0 Å². The first-order valence-corrected chi connectivity index (χ1v) is 8.58. The fraction of sp³-hybridized carbons (Fsp3) is 0.571. The lowest BCUT2D eigenvalue weighted by Gasteiger charge is -2.23. The van der Waals surface area contributed by atoms with Crippen molar-refractivity contribution >= 4 is 9.84 Å². The van der Waals surface area contributed by atoms with E-state index < -0.39 is 15.7 Å². The number of hydrogen-bond acceptors (Lipinski definition) is 4. The van der Waals surface area contributed by atoms with Crippen molar-refractivity contribution in [2.24, 2.45) is 5.92 Å². The van der Waals surface area contributed by atoms with Crippen molar-refractivity contribution in [2.75, 3.05) is 26.5 Å². The Morgan fingerprint density at radius 1 is 1.35 bits per heavy atom. The van der Waals surface area contributed by atoms with Crippen molar-refractivity contribution in [1.29, 1.82) is 0 Å². The van der Waals surface area contributed by atoms with Gasteiger partial charge < -0.3 is 10.1 Å². The van der Waals surface area contributed by atoms with Gasteiger partial charge in [-0.15, -0.1) is 0 Å². The van der Waals surface area contributed by atoms with E-state index in [0.29, 0.717) is 12.3 Å². The predicted octanol–water partition coefficient (Wildman–Crippen LogP) is 1.78. The van der Waals surface area contributed by atoms with Crippen molar-refractivity contribution in [1.82, 2.24) is 5.32 Å². The van der Waals surface area contributed by atoms with E-state index in [2.05, 4.69) is 5.32 Å². The summed E-state index contributed by atoms with van der Waals surface area (Å²) in [7, 11) is -2.21. The Balaban J connectivity index is 2.32. The van der Waals surface area contributed by atoms with Gasteiger partial charge in [-0.2, -0.15) is 0 Å². The lowest BCUT2D eigenvalue weighted by Crippen LogP contribution is -2.28. The number of ether oxygens (including phenoxy) is 1. The molecule has 0 aliphatic carbocycles. The van der Waals surface area contributed by atoms with E-state index in [1.54, 1.807) is 6.07 Å². The molecule has 0 amide bonds. The summed E-state index contributed by atoms with van der Waals surface area (Å²) in [6.07, 6.45) is 3.79. The van der Waals surface area contributed by atoms with Crippen LogP contribution in [-0.2, 0) is 16.3 Å². The molecule has 0 radical (unpaired) electrons. The van der Waals surface area contributed by atoms with Crippen LogP contribution >= 0.6 is 0 Å². The molecule has 1 aliphatic heterocycles. The van der Waals surface area contributed by atoms with Gasteiger partial charge in [-0.1, -0.05) is 6.07 Å². The second-order valence-corrected chi connectivity index (χ2v) is 7.22. The molecule has 0 bridgehead atoms. The maximum Gasteiger partial charge on any atom is 0.183 e. The number of sulfone groups is 1. The summed E-state index contributed by atoms with van der Waals surface area (Å²) in [4.78, 5) is -0.302. The number of halogens is 1. The summed E-state index contributed by atoms with van der Waals surface area (Å²) in [5.74, 6) is -0.235. The first-order valence-electron chi connectivity index (χ1n) is 6.69. The molecule has 4 nitrogen and oxygen atoms in total. The third-order valence-corrected chi connectivity index (χ3v) is 4.83. The summed E-state index contributed by atoms with van der Waals surface area (Å²) >= 11 is 0. The van der Waals surface area contributed by atoms with E-state index in [4.69, 9.17) is 4.74 Å². The Kier molecular flexibility index (Phi) is 4.65. The standard InChI is InChI=1S/C14H20FNO3S/c1-19-14-11(9-10-5-7-16-8-6-10)3-4-12(13(14)15)20(2,17)18/h3-4,10,16H,5-9H2,1-2H3. The van der Waals surface area contributed by atoms with Crippen LogP contribution in [0.15, 0.2) is 17.0 Å². The van der Waals surface area contributed by atoms with Crippen LogP contribution in [0, 0.1) is 11.7 Å².